The fourth-order valence-electron chi connectivity index (χ4n) is 1.04. The summed E-state index contributed by atoms with van der Waals surface area (Å²) in [4.78, 5) is 18.7. The Hall–Kier alpha value is -1.75. The molecule has 4 nitrogen and oxygen atoms in total. The largest absolute Gasteiger partial charge is 0.508 e. The molecule has 2 aromatic rings. The van der Waals surface area contributed by atoms with Gasteiger partial charge in [-0.25, -0.2) is 4.98 Å². The first-order valence-corrected chi connectivity index (χ1v) is 5.08. The van der Waals surface area contributed by atoms with E-state index >= 15 is 0 Å². The van der Waals surface area contributed by atoms with Gasteiger partial charge in [0, 0.05) is 17.3 Å². The summed E-state index contributed by atoms with van der Waals surface area (Å²) >= 11 is 1.26. The van der Waals surface area contributed by atoms with Crippen LogP contribution >= 0.6 is 11.8 Å². The van der Waals surface area contributed by atoms with E-state index < -0.39 is 0 Å². The lowest BCUT2D eigenvalue weighted by atomic mass is 10.3. The Bertz CT molecular complexity index is 507. The molecule has 2 rings (SSSR count). The van der Waals surface area contributed by atoms with Crippen LogP contribution in [0.3, 0.4) is 0 Å². The average Bonchev–Trinajstić information content (AvgIpc) is 2.25. The van der Waals surface area contributed by atoms with E-state index in [1.807, 2.05) is 0 Å². The second kappa shape index (κ2) is 4.18. The van der Waals surface area contributed by atoms with E-state index in [4.69, 9.17) is 5.11 Å². The van der Waals surface area contributed by atoms with Gasteiger partial charge in [-0.15, -0.1) is 0 Å². The Labute approximate surface area is 90.0 Å². The minimum atomic E-state index is -0.212. The quantitative estimate of drug-likeness (QED) is 0.807. The van der Waals surface area contributed by atoms with Crippen LogP contribution in [0.15, 0.2) is 51.4 Å². The van der Waals surface area contributed by atoms with Crippen molar-refractivity contribution >= 4 is 11.8 Å². The normalized spacial score (nSPS) is 10.1. The summed E-state index contributed by atoms with van der Waals surface area (Å²) in [5.41, 5.74) is -0.212. The van der Waals surface area contributed by atoms with Gasteiger partial charge < -0.3 is 10.1 Å². The lowest BCUT2D eigenvalue weighted by molar-refractivity contribution is 0.475. The van der Waals surface area contributed by atoms with Gasteiger partial charge in [0.05, 0.1) is 0 Å². The summed E-state index contributed by atoms with van der Waals surface area (Å²) in [5, 5.41) is 9.48. The van der Waals surface area contributed by atoms with Gasteiger partial charge in [-0.1, -0.05) is 11.8 Å². The zero-order chi connectivity index (χ0) is 10.7. The average molecular weight is 220 g/mol. The molecule has 0 atom stereocenters. The van der Waals surface area contributed by atoms with Crippen molar-refractivity contribution in [1.29, 1.82) is 0 Å². The maximum atomic E-state index is 11.3. The minimum absolute atomic E-state index is 0.203. The number of aromatic amines is 1. The summed E-state index contributed by atoms with van der Waals surface area (Å²) in [7, 11) is 0. The second-order valence-corrected chi connectivity index (χ2v) is 3.88. The van der Waals surface area contributed by atoms with Crippen molar-refractivity contribution in [1.82, 2.24) is 9.97 Å². The number of benzene rings is 1. The number of aromatic nitrogens is 2. The molecule has 0 radical (unpaired) electrons. The van der Waals surface area contributed by atoms with E-state index in [1.165, 1.54) is 24.2 Å². The standard InChI is InChI=1S/C10H8N2O2S/c13-7-1-3-8(4-2-7)15-10-9(14)11-5-6-12-10/h1-6,13H,(H,11,14). The van der Waals surface area contributed by atoms with Crippen LogP contribution in [0.4, 0.5) is 0 Å². The Morgan fingerprint density at radius 3 is 2.67 bits per heavy atom. The first-order chi connectivity index (χ1) is 7.25. The second-order valence-electron chi connectivity index (χ2n) is 2.82. The molecule has 5 heteroatoms. The molecular formula is C10H8N2O2S. The summed E-state index contributed by atoms with van der Waals surface area (Å²) in [6.45, 7) is 0. The minimum Gasteiger partial charge on any atom is -0.508 e. The fourth-order valence-corrected chi connectivity index (χ4v) is 1.80. The number of hydrogen-bond donors (Lipinski definition) is 2. The molecule has 0 aliphatic heterocycles. The molecule has 0 unspecified atom stereocenters. The van der Waals surface area contributed by atoms with Crippen LogP contribution in [0.5, 0.6) is 5.75 Å². The third kappa shape index (κ3) is 2.38. The van der Waals surface area contributed by atoms with E-state index in [-0.39, 0.29) is 11.3 Å². The zero-order valence-corrected chi connectivity index (χ0v) is 8.49. The van der Waals surface area contributed by atoms with E-state index in [0.717, 1.165) is 4.90 Å². The van der Waals surface area contributed by atoms with Gasteiger partial charge in [-0.3, -0.25) is 4.79 Å². The molecule has 0 saturated carbocycles. The Morgan fingerprint density at radius 1 is 1.27 bits per heavy atom. The molecule has 0 fully saturated rings. The van der Waals surface area contributed by atoms with Crippen LogP contribution in [0.25, 0.3) is 0 Å². The molecule has 0 amide bonds. The smallest absolute Gasteiger partial charge is 0.280 e. The number of phenolic OH excluding ortho intramolecular Hbond substituents is 1. The van der Waals surface area contributed by atoms with Crippen molar-refractivity contribution < 1.29 is 5.11 Å². The van der Waals surface area contributed by atoms with Gasteiger partial charge in [0.1, 0.15) is 5.75 Å². The van der Waals surface area contributed by atoms with Crippen LogP contribution in [0, 0.1) is 0 Å². The van der Waals surface area contributed by atoms with Gasteiger partial charge >= 0.3 is 0 Å². The maximum absolute atomic E-state index is 11.3. The molecule has 1 aromatic heterocycles. The van der Waals surface area contributed by atoms with Crippen LogP contribution in [0.2, 0.25) is 0 Å². The number of hydrogen-bond acceptors (Lipinski definition) is 4. The SMILES string of the molecule is O=c1[nH]ccnc1Sc1ccc(O)cc1. The summed E-state index contributed by atoms with van der Waals surface area (Å²) in [6.07, 6.45) is 3.02. The lowest BCUT2D eigenvalue weighted by Crippen LogP contribution is -2.08. The van der Waals surface area contributed by atoms with E-state index in [0.29, 0.717) is 5.03 Å². The molecule has 0 aliphatic carbocycles. The molecule has 0 bridgehead atoms. The lowest BCUT2D eigenvalue weighted by Gasteiger charge is -1.99. The Morgan fingerprint density at radius 2 is 2.00 bits per heavy atom. The highest BCUT2D eigenvalue weighted by Gasteiger charge is 2.02. The van der Waals surface area contributed by atoms with Crippen molar-refractivity contribution in [3.05, 3.63) is 47.0 Å². The van der Waals surface area contributed by atoms with Crippen LogP contribution in [-0.4, -0.2) is 15.1 Å². The van der Waals surface area contributed by atoms with Gasteiger partial charge in [0.2, 0.25) is 0 Å². The van der Waals surface area contributed by atoms with Crippen molar-refractivity contribution in [3.8, 4) is 5.75 Å². The molecule has 1 aromatic carbocycles. The third-order valence-electron chi connectivity index (χ3n) is 1.73. The molecule has 1 heterocycles. The summed E-state index contributed by atoms with van der Waals surface area (Å²) in [5.74, 6) is 0.203. The molecule has 2 N–H and O–H groups in total. The van der Waals surface area contributed by atoms with Gasteiger partial charge in [0.25, 0.3) is 5.56 Å². The molecule has 0 saturated heterocycles. The number of aromatic hydroxyl groups is 1. The van der Waals surface area contributed by atoms with Crippen LogP contribution in [-0.2, 0) is 0 Å². The van der Waals surface area contributed by atoms with Crippen LogP contribution in [0.1, 0.15) is 0 Å². The highest BCUT2D eigenvalue weighted by molar-refractivity contribution is 7.99. The third-order valence-corrected chi connectivity index (χ3v) is 2.72. The predicted octanol–water partition coefficient (Wildman–Crippen LogP) is 1.63. The fraction of sp³-hybridized carbons (Fsp3) is 0. The van der Waals surface area contributed by atoms with E-state index in [1.54, 1.807) is 24.3 Å². The number of nitrogens with one attached hydrogen (secondary N) is 1. The molecule has 15 heavy (non-hydrogen) atoms. The molecule has 76 valence electrons. The number of rotatable bonds is 2. The Kier molecular flexibility index (Phi) is 2.73. The first-order valence-electron chi connectivity index (χ1n) is 4.26. The number of nitrogens with zero attached hydrogens (tertiary/aromatic N) is 1. The topological polar surface area (TPSA) is 66.0 Å². The highest BCUT2D eigenvalue weighted by atomic mass is 32.2. The molecule has 0 aliphatic rings. The maximum Gasteiger partial charge on any atom is 0.280 e. The van der Waals surface area contributed by atoms with Crippen molar-refractivity contribution in [2.45, 2.75) is 9.92 Å². The predicted molar refractivity (Wildman–Crippen MR) is 57.1 cm³/mol. The van der Waals surface area contributed by atoms with Crippen molar-refractivity contribution in [2.75, 3.05) is 0 Å². The zero-order valence-electron chi connectivity index (χ0n) is 7.68. The van der Waals surface area contributed by atoms with E-state index in [2.05, 4.69) is 9.97 Å². The number of phenols is 1. The summed E-state index contributed by atoms with van der Waals surface area (Å²) in [6, 6.07) is 6.60. The van der Waals surface area contributed by atoms with Gasteiger partial charge in [0.15, 0.2) is 5.03 Å². The molecular weight excluding hydrogens is 212 g/mol. The monoisotopic (exact) mass is 220 g/mol. The van der Waals surface area contributed by atoms with Crippen molar-refractivity contribution in [2.24, 2.45) is 0 Å². The first kappa shape index (κ1) is 9.79. The highest BCUT2D eigenvalue weighted by Crippen LogP contribution is 2.24. The summed E-state index contributed by atoms with van der Waals surface area (Å²) < 4.78 is 0. The van der Waals surface area contributed by atoms with Gasteiger partial charge in [-0.2, -0.15) is 0 Å². The van der Waals surface area contributed by atoms with Crippen molar-refractivity contribution in [3.63, 3.8) is 0 Å². The molecule has 0 spiro atoms. The van der Waals surface area contributed by atoms with Crippen LogP contribution < -0.4 is 5.56 Å². The van der Waals surface area contributed by atoms with E-state index in [9.17, 15) is 4.79 Å². The Balaban J connectivity index is 2.26. The van der Waals surface area contributed by atoms with Gasteiger partial charge in [-0.05, 0) is 24.3 Å². The number of H-pyrrole nitrogens is 1.